The van der Waals surface area contributed by atoms with Gasteiger partial charge in [-0.3, -0.25) is 4.79 Å². The highest BCUT2D eigenvalue weighted by atomic mass is 32.2. The first-order valence-corrected chi connectivity index (χ1v) is 14.5. The normalized spacial score (nSPS) is 26.3. The molecule has 0 aromatic heterocycles. The number of aryl methyl sites for hydroxylation is 1. The Morgan fingerprint density at radius 3 is 1.64 bits per heavy atom. The summed E-state index contributed by atoms with van der Waals surface area (Å²) >= 11 is 0. The van der Waals surface area contributed by atoms with E-state index in [1.54, 1.807) is 12.1 Å². The number of quaternary nitrogens is 1. The molecular weight excluding hydrogens is 434 g/mol. The molecule has 4 fully saturated rings. The maximum atomic E-state index is 13.5. The lowest BCUT2D eigenvalue weighted by molar-refractivity contribution is -0.955. The standard InChI is InChI=1S/C20H34NO.C7H8O3S/c1-21(15-9-4-10-16-21)17-19(11-5-2-6-12-19)18(22)20(17)13-7-3-8-14-20;1-6-2-4-7(5-3-6)11(8,9)10/h17H,2-16H2,1H3;2-5H,1H3,(H,8,9,10)/q+1;/p-1. The van der Waals surface area contributed by atoms with Crippen LogP contribution in [0, 0.1) is 17.8 Å². The second-order valence-corrected chi connectivity index (χ2v) is 12.8. The fourth-order valence-electron chi connectivity index (χ4n) is 7.95. The Labute approximate surface area is 200 Å². The van der Waals surface area contributed by atoms with Gasteiger partial charge in [-0.25, -0.2) is 8.42 Å². The lowest BCUT2D eigenvalue weighted by atomic mass is 9.40. The second-order valence-electron chi connectivity index (χ2n) is 11.4. The summed E-state index contributed by atoms with van der Waals surface area (Å²) in [5.74, 6) is 0.731. The largest absolute Gasteiger partial charge is 0.744 e. The van der Waals surface area contributed by atoms with Gasteiger partial charge < -0.3 is 9.04 Å². The zero-order valence-electron chi connectivity index (χ0n) is 20.5. The summed E-state index contributed by atoms with van der Waals surface area (Å²) in [6.45, 7) is 4.49. The molecule has 33 heavy (non-hydrogen) atoms. The van der Waals surface area contributed by atoms with E-state index in [4.69, 9.17) is 0 Å². The minimum Gasteiger partial charge on any atom is -0.744 e. The zero-order chi connectivity index (χ0) is 23.7. The van der Waals surface area contributed by atoms with E-state index in [9.17, 15) is 17.8 Å². The molecule has 1 heterocycles. The molecule has 0 bridgehead atoms. The van der Waals surface area contributed by atoms with Gasteiger partial charge in [-0.05, 0) is 64.0 Å². The van der Waals surface area contributed by atoms with Crippen LogP contribution in [0.5, 0.6) is 0 Å². The minimum atomic E-state index is -4.27. The molecule has 0 N–H and O–H groups in total. The molecule has 0 atom stereocenters. The maximum Gasteiger partial charge on any atom is 0.157 e. The van der Waals surface area contributed by atoms with Gasteiger partial charge in [-0.1, -0.05) is 56.2 Å². The third-order valence-electron chi connectivity index (χ3n) is 9.21. The van der Waals surface area contributed by atoms with Crippen molar-refractivity contribution >= 4 is 15.9 Å². The van der Waals surface area contributed by atoms with Crippen LogP contribution < -0.4 is 0 Å². The van der Waals surface area contributed by atoms with E-state index in [0.29, 0.717) is 6.04 Å². The Kier molecular flexibility index (Phi) is 7.10. The Hall–Kier alpha value is -1.24. The number of piperidine rings is 1. The van der Waals surface area contributed by atoms with Crippen molar-refractivity contribution in [3.8, 4) is 0 Å². The molecule has 1 aliphatic heterocycles. The van der Waals surface area contributed by atoms with E-state index in [0.717, 1.165) is 11.3 Å². The van der Waals surface area contributed by atoms with Crippen molar-refractivity contribution in [3.63, 3.8) is 0 Å². The molecule has 3 aliphatic carbocycles. The summed E-state index contributed by atoms with van der Waals surface area (Å²) in [4.78, 5) is 13.3. The van der Waals surface area contributed by atoms with Gasteiger partial charge in [0.15, 0.2) is 5.78 Å². The topological polar surface area (TPSA) is 74.3 Å². The lowest BCUT2D eigenvalue weighted by Crippen LogP contribution is -2.80. The molecule has 1 saturated heterocycles. The van der Waals surface area contributed by atoms with Gasteiger partial charge in [0.2, 0.25) is 0 Å². The summed E-state index contributed by atoms with van der Waals surface area (Å²) in [5, 5.41) is 0. The van der Waals surface area contributed by atoms with Gasteiger partial charge >= 0.3 is 0 Å². The van der Waals surface area contributed by atoms with E-state index in [2.05, 4.69) is 7.05 Å². The number of carbonyl (C=O) groups excluding carboxylic acids is 1. The maximum absolute atomic E-state index is 13.5. The summed E-state index contributed by atoms with van der Waals surface area (Å²) in [6, 6.07) is 6.46. The van der Waals surface area contributed by atoms with Gasteiger partial charge in [0.25, 0.3) is 0 Å². The Morgan fingerprint density at radius 2 is 1.21 bits per heavy atom. The van der Waals surface area contributed by atoms with Crippen LogP contribution in [0.2, 0.25) is 0 Å². The fraction of sp³-hybridized carbons (Fsp3) is 0.741. The van der Waals surface area contributed by atoms with Crippen molar-refractivity contribution in [1.82, 2.24) is 0 Å². The number of carbonyl (C=O) groups is 1. The SMILES string of the molecule is C[N+]1(C2C3(CCCCC3)C(=O)C23CCCCC3)CCCCC1.Cc1ccc(S(=O)(=O)[O-])cc1. The minimum absolute atomic E-state index is 0.0989. The molecule has 5 nitrogen and oxygen atoms in total. The highest BCUT2D eigenvalue weighted by Crippen LogP contribution is 2.66. The van der Waals surface area contributed by atoms with Crippen LogP contribution in [0.1, 0.15) is 89.0 Å². The Bertz CT molecular complexity index is 907. The van der Waals surface area contributed by atoms with Crippen LogP contribution in [0.4, 0.5) is 0 Å². The van der Waals surface area contributed by atoms with Gasteiger partial charge in [0.1, 0.15) is 16.2 Å². The molecule has 0 amide bonds. The zero-order valence-corrected chi connectivity index (χ0v) is 21.3. The van der Waals surface area contributed by atoms with Gasteiger partial charge in [0.05, 0.1) is 35.9 Å². The number of Topliss-reactive ketones (excluding diaryl/α,β-unsaturated/α-hetero) is 1. The summed E-state index contributed by atoms with van der Waals surface area (Å²) in [5.41, 5.74) is 1.13. The van der Waals surface area contributed by atoms with Crippen molar-refractivity contribution in [2.45, 2.75) is 101 Å². The number of nitrogens with zero attached hydrogens (tertiary/aromatic N) is 1. The smallest absolute Gasteiger partial charge is 0.157 e. The van der Waals surface area contributed by atoms with Crippen molar-refractivity contribution < 1.29 is 22.2 Å². The number of rotatable bonds is 2. The fourth-order valence-corrected chi connectivity index (χ4v) is 8.42. The van der Waals surface area contributed by atoms with E-state index >= 15 is 0 Å². The first-order chi connectivity index (χ1) is 15.6. The van der Waals surface area contributed by atoms with Crippen LogP contribution in [0.15, 0.2) is 29.2 Å². The van der Waals surface area contributed by atoms with E-state index in [-0.39, 0.29) is 15.7 Å². The lowest BCUT2D eigenvalue weighted by Gasteiger charge is -2.68. The predicted octanol–water partition coefficient (Wildman–Crippen LogP) is 5.37. The van der Waals surface area contributed by atoms with Crippen molar-refractivity contribution in [2.24, 2.45) is 10.8 Å². The second kappa shape index (κ2) is 9.43. The first-order valence-electron chi connectivity index (χ1n) is 13.1. The van der Waals surface area contributed by atoms with Crippen LogP contribution in [-0.4, -0.2) is 49.4 Å². The van der Waals surface area contributed by atoms with E-state index in [1.165, 1.54) is 113 Å². The number of ketones is 1. The Balaban J connectivity index is 0.000000200. The molecular formula is C27H41NO4S. The molecule has 0 unspecified atom stereocenters. The molecule has 5 rings (SSSR count). The third kappa shape index (κ3) is 4.55. The number of hydrogen-bond donors (Lipinski definition) is 0. The highest BCUT2D eigenvalue weighted by Gasteiger charge is 2.76. The molecule has 0 radical (unpaired) electrons. The van der Waals surface area contributed by atoms with E-state index < -0.39 is 10.1 Å². The molecule has 1 aromatic rings. The quantitative estimate of drug-likeness (QED) is 0.426. The number of likely N-dealkylation sites (tertiary alicyclic amines) is 1. The van der Waals surface area contributed by atoms with Crippen LogP contribution >= 0.6 is 0 Å². The molecule has 4 aliphatic rings. The van der Waals surface area contributed by atoms with Crippen molar-refractivity contribution in [3.05, 3.63) is 29.8 Å². The predicted molar refractivity (Wildman–Crippen MR) is 129 cm³/mol. The summed E-state index contributed by atoms with van der Waals surface area (Å²) in [7, 11) is -1.75. The van der Waals surface area contributed by atoms with E-state index in [1.807, 2.05) is 6.92 Å². The van der Waals surface area contributed by atoms with Gasteiger partial charge in [-0.15, -0.1) is 0 Å². The summed E-state index contributed by atoms with van der Waals surface area (Å²) in [6.07, 6.45) is 17.0. The molecule has 1 aromatic carbocycles. The molecule has 184 valence electrons. The monoisotopic (exact) mass is 475 g/mol. The van der Waals surface area contributed by atoms with Crippen molar-refractivity contribution in [1.29, 1.82) is 0 Å². The average molecular weight is 476 g/mol. The Morgan fingerprint density at radius 1 is 0.788 bits per heavy atom. The molecule has 2 spiro atoms. The molecule has 6 heteroatoms. The summed E-state index contributed by atoms with van der Waals surface area (Å²) < 4.78 is 32.4. The van der Waals surface area contributed by atoms with Crippen molar-refractivity contribution in [2.75, 3.05) is 20.1 Å². The first kappa shape index (κ1) is 24.9. The highest BCUT2D eigenvalue weighted by molar-refractivity contribution is 7.85. The van der Waals surface area contributed by atoms with Crippen LogP contribution in [0.3, 0.4) is 0 Å². The molecule has 3 saturated carbocycles. The van der Waals surface area contributed by atoms with Crippen LogP contribution in [-0.2, 0) is 14.9 Å². The van der Waals surface area contributed by atoms with Gasteiger partial charge in [-0.2, -0.15) is 0 Å². The average Bonchev–Trinajstić information content (AvgIpc) is 2.80. The van der Waals surface area contributed by atoms with Gasteiger partial charge in [0, 0.05) is 0 Å². The number of hydrogen-bond acceptors (Lipinski definition) is 4. The number of benzene rings is 1. The van der Waals surface area contributed by atoms with Crippen LogP contribution in [0.25, 0.3) is 0 Å². The third-order valence-corrected chi connectivity index (χ3v) is 10.1.